The van der Waals surface area contributed by atoms with E-state index in [9.17, 15) is 0 Å². The van der Waals surface area contributed by atoms with Crippen LogP contribution in [0.1, 0.15) is 29.9 Å². The molecule has 1 fully saturated rings. The second-order valence-corrected chi connectivity index (χ2v) is 17.5. The van der Waals surface area contributed by atoms with Crippen molar-refractivity contribution in [2.75, 3.05) is 0 Å². The van der Waals surface area contributed by atoms with Crippen LogP contribution in [0.25, 0.3) is 81.0 Å². The molecule has 4 heterocycles. The Balaban J connectivity index is 0.935. The lowest BCUT2D eigenvalue weighted by molar-refractivity contribution is 0.176. The average molecular weight is 771 g/mol. The lowest BCUT2D eigenvalue weighted by Crippen LogP contribution is -2.61. The SMILES string of the molecule is C1=c2sc3c(-c4ccc5c(c4)sc4cccc(-n6c7ccccc7c7ccccc76)c45)cccc3c2=CCC1C1NC(c2ccccc2)NC(c2ccccc2)N1. The van der Waals surface area contributed by atoms with Crippen LogP contribution in [0.15, 0.2) is 164 Å². The van der Waals surface area contributed by atoms with E-state index >= 15 is 0 Å². The van der Waals surface area contributed by atoms with E-state index in [4.69, 9.17) is 0 Å². The van der Waals surface area contributed by atoms with Gasteiger partial charge in [0, 0.05) is 51.5 Å². The lowest BCUT2D eigenvalue weighted by Gasteiger charge is -2.42. The van der Waals surface area contributed by atoms with E-state index in [1.165, 1.54) is 89.8 Å². The van der Waals surface area contributed by atoms with Crippen molar-refractivity contribution in [1.29, 1.82) is 0 Å². The molecule has 7 aromatic carbocycles. The number of para-hydroxylation sites is 2. The number of fused-ring (bicyclic) bond motifs is 9. The fourth-order valence-corrected chi connectivity index (χ4v) is 11.9. The Labute approximate surface area is 338 Å². The van der Waals surface area contributed by atoms with E-state index in [0.717, 1.165) is 6.42 Å². The van der Waals surface area contributed by atoms with Crippen molar-refractivity contribution in [3.63, 3.8) is 0 Å². The summed E-state index contributed by atoms with van der Waals surface area (Å²) in [5, 5.41) is 19.6. The van der Waals surface area contributed by atoms with Crippen molar-refractivity contribution >= 4 is 86.9 Å². The number of thiophene rings is 2. The molecule has 274 valence electrons. The van der Waals surface area contributed by atoms with Gasteiger partial charge in [0.15, 0.2) is 0 Å². The third-order valence-corrected chi connectivity index (χ3v) is 14.4. The third-order valence-electron chi connectivity index (χ3n) is 12.1. The number of hydrogen-bond donors (Lipinski definition) is 3. The maximum atomic E-state index is 3.93. The minimum Gasteiger partial charge on any atom is -0.309 e. The zero-order chi connectivity index (χ0) is 37.5. The summed E-state index contributed by atoms with van der Waals surface area (Å²) in [6.07, 6.45) is 6.14. The second kappa shape index (κ2) is 13.4. The molecule has 4 nitrogen and oxygen atoms in total. The van der Waals surface area contributed by atoms with Crippen LogP contribution in [0.5, 0.6) is 0 Å². The molecular formula is C51H38N4S2. The molecule has 3 N–H and O–H groups in total. The Morgan fingerprint density at radius 3 is 1.89 bits per heavy atom. The highest BCUT2D eigenvalue weighted by Gasteiger charge is 2.33. The van der Waals surface area contributed by atoms with Crippen molar-refractivity contribution in [3.8, 4) is 16.8 Å². The number of aromatic nitrogens is 1. The third kappa shape index (κ3) is 5.44. The molecule has 1 aliphatic heterocycles. The van der Waals surface area contributed by atoms with E-state index < -0.39 is 0 Å². The fourth-order valence-electron chi connectivity index (χ4n) is 9.40. The van der Waals surface area contributed by atoms with Gasteiger partial charge < -0.3 is 4.57 Å². The first kappa shape index (κ1) is 33.3. The van der Waals surface area contributed by atoms with Crippen LogP contribution in [-0.4, -0.2) is 10.7 Å². The van der Waals surface area contributed by atoms with E-state index in [-0.39, 0.29) is 18.5 Å². The van der Waals surface area contributed by atoms with Crippen LogP contribution in [0.2, 0.25) is 0 Å². The van der Waals surface area contributed by atoms with Gasteiger partial charge in [0.2, 0.25) is 0 Å². The predicted molar refractivity (Wildman–Crippen MR) is 242 cm³/mol. The standard InChI is InChI=1S/C51H38N4S2/c1-3-13-31(14-4-1)49-52-50(32-15-5-2-6-16-32)54-51(53-49)34-26-27-38-39-20-11-19-35(48(39)57-45(38)30-34)33-25-28-40-46(29-33)56-44-24-12-23-43(47(40)44)55-41-21-9-7-17-36(41)37-18-8-10-22-42(37)55/h1-25,27-30,34,49-54H,26H2. The smallest absolute Gasteiger partial charge is 0.0862 e. The topological polar surface area (TPSA) is 41.0 Å². The van der Waals surface area contributed by atoms with E-state index in [1.807, 2.05) is 22.7 Å². The molecule has 0 radical (unpaired) electrons. The van der Waals surface area contributed by atoms with Crippen molar-refractivity contribution in [2.24, 2.45) is 5.92 Å². The van der Waals surface area contributed by atoms with Crippen LogP contribution in [0.4, 0.5) is 0 Å². The highest BCUT2D eigenvalue weighted by molar-refractivity contribution is 7.26. The molecule has 6 heteroatoms. The molecule has 0 spiro atoms. The summed E-state index contributed by atoms with van der Waals surface area (Å²) in [4.78, 5) is 0. The van der Waals surface area contributed by atoms with Gasteiger partial charge >= 0.3 is 0 Å². The van der Waals surface area contributed by atoms with E-state index in [1.54, 1.807) is 0 Å². The molecule has 0 bridgehead atoms. The molecular weight excluding hydrogens is 733 g/mol. The highest BCUT2D eigenvalue weighted by atomic mass is 32.1. The second-order valence-electron chi connectivity index (χ2n) is 15.3. The minimum atomic E-state index is 0.0355. The van der Waals surface area contributed by atoms with Crippen LogP contribution >= 0.6 is 22.7 Å². The zero-order valence-corrected chi connectivity index (χ0v) is 32.7. The van der Waals surface area contributed by atoms with Gasteiger partial charge in [-0.1, -0.05) is 146 Å². The Bertz CT molecular complexity index is 3190. The Morgan fingerprint density at radius 2 is 1.18 bits per heavy atom. The maximum Gasteiger partial charge on any atom is 0.0862 e. The van der Waals surface area contributed by atoms with Crippen molar-refractivity contribution in [3.05, 3.63) is 185 Å². The Morgan fingerprint density at radius 1 is 0.526 bits per heavy atom. The molecule has 3 aromatic heterocycles. The zero-order valence-electron chi connectivity index (χ0n) is 31.0. The van der Waals surface area contributed by atoms with Crippen LogP contribution in [0.3, 0.4) is 0 Å². The largest absolute Gasteiger partial charge is 0.309 e. The number of nitrogens with one attached hydrogen (secondary N) is 3. The van der Waals surface area contributed by atoms with Gasteiger partial charge in [-0.05, 0) is 64.2 Å². The van der Waals surface area contributed by atoms with Gasteiger partial charge in [-0.3, -0.25) is 16.0 Å². The summed E-state index contributed by atoms with van der Waals surface area (Å²) in [5.41, 5.74) is 8.78. The molecule has 0 saturated carbocycles. The fraction of sp³-hybridized carbons (Fsp3) is 0.0980. The van der Waals surface area contributed by atoms with Gasteiger partial charge in [-0.25, -0.2) is 0 Å². The lowest BCUT2D eigenvalue weighted by atomic mass is 9.94. The quantitative estimate of drug-likeness (QED) is 0.163. The van der Waals surface area contributed by atoms with Crippen molar-refractivity contribution < 1.29 is 0 Å². The number of benzene rings is 7. The first-order valence-corrected chi connectivity index (χ1v) is 21.4. The molecule has 3 unspecified atom stereocenters. The van der Waals surface area contributed by atoms with Gasteiger partial charge in [-0.15, -0.1) is 22.7 Å². The molecule has 57 heavy (non-hydrogen) atoms. The summed E-state index contributed by atoms with van der Waals surface area (Å²) in [6, 6.07) is 59.9. The van der Waals surface area contributed by atoms with Crippen LogP contribution in [-0.2, 0) is 0 Å². The van der Waals surface area contributed by atoms with E-state index in [0.29, 0.717) is 5.92 Å². The molecule has 10 aromatic rings. The molecule has 0 amide bonds. The van der Waals surface area contributed by atoms with Gasteiger partial charge in [0.05, 0.1) is 35.2 Å². The Hall–Kier alpha value is -5.86. The highest BCUT2D eigenvalue weighted by Crippen LogP contribution is 2.43. The van der Waals surface area contributed by atoms with Gasteiger partial charge in [0.1, 0.15) is 0 Å². The molecule has 1 aliphatic carbocycles. The molecule has 1 saturated heterocycles. The predicted octanol–water partition coefficient (Wildman–Crippen LogP) is 11.1. The molecule has 12 rings (SSSR count). The van der Waals surface area contributed by atoms with E-state index in [2.05, 4.69) is 196 Å². The summed E-state index contributed by atoms with van der Waals surface area (Å²) < 4.78 is 7.81. The van der Waals surface area contributed by atoms with Crippen molar-refractivity contribution in [2.45, 2.75) is 24.9 Å². The summed E-state index contributed by atoms with van der Waals surface area (Å²) in [7, 11) is 0. The van der Waals surface area contributed by atoms with Crippen molar-refractivity contribution in [1.82, 2.24) is 20.5 Å². The summed E-state index contributed by atoms with van der Waals surface area (Å²) in [5.74, 6) is 0.298. The normalized spacial score (nSPS) is 19.6. The summed E-state index contributed by atoms with van der Waals surface area (Å²) >= 11 is 3.84. The van der Waals surface area contributed by atoms with Crippen LogP contribution in [0, 0.1) is 5.92 Å². The maximum absolute atomic E-state index is 3.93. The first-order chi connectivity index (χ1) is 28.2. The van der Waals surface area contributed by atoms with Crippen LogP contribution < -0.4 is 25.7 Å². The first-order valence-electron chi connectivity index (χ1n) is 19.8. The monoisotopic (exact) mass is 770 g/mol. The average Bonchev–Trinajstić information content (AvgIpc) is 3.96. The number of rotatable bonds is 5. The number of hydrogen-bond acceptors (Lipinski definition) is 5. The molecule has 2 aliphatic rings. The Kier molecular flexibility index (Phi) is 7.81. The van der Waals surface area contributed by atoms with Gasteiger partial charge in [0.25, 0.3) is 0 Å². The minimum absolute atomic E-state index is 0.0355. The van der Waals surface area contributed by atoms with Gasteiger partial charge in [-0.2, -0.15) is 0 Å². The molecule has 3 atom stereocenters. The number of nitrogens with zero attached hydrogens (tertiary/aromatic N) is 1. The summed E-state index contributed by atoms with van der Waals surface area (Å²) in [6.45, 7) is 0.